The molecule has 1 fully saturated rings. The summed E-state index contributed by atoms with van der Waals surface area (Å²) in [6.45, 7) is 2.24. The normalized spacial score (nSPS) is 14.3. The molecule has 3 aromatic carbocycles. The molecule has 0 spiro atoms. The van der Waals surface area contributed by atoms with Gasteiger partial charge in [0, 0.05) is 22.6 Å². The molecule has 0 radical (unpaired) electrons. The predicted molar refractivity (Wildman–Crippen MR) is 151 cm³/mol. The van der Waals surface area contributed by atoms with Gasteiger partial charge in [-0.3, -0.25) is 9.59 Å². The molecule has 0 heterocycles. The van der Waals surface area contributed by atoms with Crippen molar-refractivity contribution >= 4 is 34.4 Å². The highest BCUT2D eigenvalue weighted by atomic mass is 127. The maximum atomic E-state index is 13.7. The number of halogens is 1. The maximum Gasteiger partial charge on any atom is 0.261 e. The van der Waals surface area contributed by atoms with Gasteiger partial charge in [-0.25, -0.2) is 0 Å². The van der Waals surface area contributed by atoms with Crippen LogP contribution in [0.2, 0.25) is 0 Å². The molecular weight excluding hydrogens is 563 g/mol. The molecule has 1 N–H and O–H groups in total. The van der Waals surface area contributed by atoms with Gasteiger partial charge < -0.3 is 15.0 Å². The van der Waals surface area contributed by atoms with E-state index in [4.69, 9.17) is 4.74 Å². The van der Waals surface area contributed by atoms with Crippen LogP contribution in [0.3, 0.4) is 0 Å². The molecule has 1 aliphatic carbocycles. The van der Waals surface area contributed by atoms with E-state index in [0.29, 0.717) is 18.7 Å². The van der Waals surface area contributed by atoms with Gasteiger partial charge in [-0.05, 0) is 77.7 Å². The second-order valence-electron chi connectivity index (χ2n) is 9.45. The maximum absolute atomic E-state index is 13.7. The second-order valence-corrected chi connectivity index (χ2v) is 10.7. The number of nitrogens with one attached hydrogen (secondary N) is 1. The molecular formula is C30H33IN2O3. The topological polar surface area (TPSA) is 58.6 Å². The highest BCUT2D eigenvalue weighted by molar-refractivity contribution is 14.1. The molecule has 1 aliphatic rings. The average Bonchev–Trinajstić information content (AvgIpc) is 3.39. The number of carbonyl (C=O) groups is 2. The van der Waals surface area contributed by atoms with E-state index in [-0.39, 0.29) is 24.5 Å². The van der Waals surface area contributed by atoms with E-state index in [1.54, 1.807) is 4.90 Å². The van der Waals surface area contributed by atoms with E-state index in [0.717, 1.165) is 45.9 Å². The van der Waals surface area contributed by atoms with Crippen LogP contribution in [0.15, 0.2) is 78.9 Å². The van der Waals surface area contributed by atoms with Crippen molar-refractivity contribution in [3.63, 3.8) is 0 Å². The lowest BCUT2D eigenvalue weighted by molar-refractivity contribution is -0.143. The minimum Gasteiger partial charge on any atom is -0.484 e. The van der Waals surface area contributed by atoms with Gasteiger partial charge in [0.05, 0.1) is 0 Å². The Bertz CT molecular complexity index is 1140. The summed E-state index contributed by atoms with van der Waals surface area (Å²) in [6.07, 6.45) is 4.69. The minimum absolute atomic E-state index is 0.0963. The van der Waals surface area contributed by atoms with Crippen LogP contribution in [-0.4, -0.2) is 35.4 Å². The minimum atomic E-state index is -0.638. The van der Waals surface area contributed by atoms with E-state index in [9.17, 15) is 9.59 Å². The Balaban J connectivity index is 1.60. The van der Waals surface area contributed by atoms with Gasteiger partial charge >= 0.3 is 0 Å². The fraction of sp³-hybridized carbons (Fsp3) is 0.333. The predicted octanol–water partition coefficient (Wildman–Crippen LogP) is 5.68. The largest absolute Gasteiger partial charge is 0.484 e. The lowest BCUT2D eigenvalue weighted by Gasteiger charge is -2.32. The van der Waals surface area contributed by atoms with Crippen molar-refractivity contribution in [1.82, 2.24) is 10.2 Å². The highest BCUT2D eigenvalue weighted by Gasteiger charge is 2.32. The monoisotopic (exact) mass is 596 g/mol. The van der Waals surface area contributed by atoms with Gasteiger partial charge in [-0.1, -0.05) is 73.0 Å². The zero-order valence-electron chi connectivity index (χ0n) is 20.7. The Morgan fingerprint density at radius 2 is 1.67 bits per heavy atom. The Morgan fingerprint density at radius 3 is 2.36 bits per heavy atom. The number of amides is 2. The SMILES string of the molecule is Cc1cccc(CN(C(=O)COc2ccc(I)cc2)[C@@H](Cc2ccccc2)C(=O)NC2CCCC2)c1. The van der Waals surface area contributed by atoms with Crippen molar-refractivity contribution in [2.45, 2.75) is 57.7 Å². The van der Waals surface area contributed by atoms with Crippen LogP contribution in [0.1, 0.15) is 42.4 Å². The third-order valence-electron chi connectivity index (χ3n) is 6.58. The molecule has 5 nitrogen and oxygen atoms in total. The summed E-state index contributed by atoms with van der Waals surface area (Å²) < 4.78 is 6.95. The number of aryl methyl sites for hydroxylation is 1. The van der Waals surface area contributed by atoms with Gasteiger partial charge in [0.15, 0.2) is 6.61 Å². The van der Waals surface area contributed by atoms with Crippen LogP contribution >= 0.6 is 22.6 Å². The fourth-order valence-corrected chi connectivity index (χ4v) is 5.05. The number of ether oxygens (including phenoxy) is 1. The molecule has 0 unspecified atom stereocenters. The number of hydrogen-bond donors (Lipinski definition) is 1. The number of carbonyl (C=O) groups excluding carboxylic acids is 2. The Hall–Kier alpha value is -2.87. The summed E-state index contributed by atoms with van der Waals surface area (Å²) in [6, 6.07) is 25.1. The lowest BCUT2D eigenvalue weighted by atomic mass is 10.0. The molecule has 2 amide bonds. The molecule has 4 rings (SSSR count). The first-order valence-electron chi connectivity index (χ1n) is 12.6. The lowest BCUT2D eigenvalue weighted by Crippen LogP contribution is -2.53. The summed E-state index contributed by atoms with van der Waals surface area (Å²) in [5.41, 5.74) is 3.12. The van der Waals surface area contributed by atoms with Crippen molar-refractivity contribution in [3.8, 4) is 5.75 Å². The summed E-state index contributed by atoms with van der Waals surface area (Å²) in [7, 11) is 0. The molecule has 188 valence electrons. The quantitative estimate of drug-likeness (QED) is 0.307. The van der Waals surface area contributed by atoms with Crippen LogP contribution in [0.4, 0.5) is 0 Å². The summed E-state index contributed by atoms with van der Waals surface area (Å²) in [5.74, 6) is 0.327. The van der Waals surface area contributed by atoms with E-state index in [1.165, 1.54) is 0 Å². The van der Waals surface area contributed by atoms with Gasteiger partial charge in [-0.15, -0.1) is 0 Å². The zero-order chi connectivity index (χ0) is 25.3. The number of benzene rings is 3. The zero-order valence-corrected chi connectivity index (χ0v) is 22.8. The molecule has 6 heteroatoms. The van der Waals surface area contributed by atoms with Crippen molar-refractivity contribution in [1.29, 1.82) is 0 Å². The van der Waals surface area contributed by atoms with Crippen LogP contribution in [-0.2, 0) is 22.6 Å². The summed E-state index contributed by atoms with van der Waals surface area (Å²) in [5, 5.41) is 3.24. The van der Waals surface area contributed by atoms with Crippen molar-refractivity contribution < 1.29 is 14.3 Å². The van der Waals surface area contributed by atoms with Gasteiger partial charge in [0.1, 0.15) is 11.8 Å². The van der Waals surface area contributed by atoms with E-state index < -0.39 is 6.04 Å². The van der Waals surface area contributed by atoms with E-state index in [1.807, 2.05) is 79.7 Å². The Morgan fingerprint density at radius 1 is 0.972 bits per heavy atom. The molecule has 36 heavy (non-hydrogen) atoms. The second kappa shape index (κ2) is 12.9. The molecule has 0 aliphatic heterocycles. The molecule has 0 bridgehead atoms. The smallest absolute Gasteiger partial charge is 0.261 e. The van der Waals surface area contributed by atoms with Gasteiger partial charge in [0.25, 0.3) is 5.91 Å². The van der Waals surface area contributed by atoms with Crippen molar-refractivity contribution in [2.75, 3.05) is 6.61 Å². The Kier molecular flexibility index (Phi) is 9.39. The first-order valence-corrected chi connectivity index (χ1v) is 13.6. The molecule has 0 saturated heterocycles. The highest BCUT2D eigenvalue weighted by Crippen LogP contribution is 2.21. The van der Waals surface area contributed by atoms with E-state index >= 15 is 0 Å². The summed E-state index contributed by atoms with van der Waals surface area (Å²) in [4.78, 5) is 29.0. The molecule has 3 aromatic rings. The number of hydrogen-bond acceptors (Lipinski definition) is 3. The fourth-order valence-electron chi connectivity index (χ4n) is 4.69. The standard InChI is InChI=1S/C30H33IN2O3/c1-22-8-7-11-24(18-22)20-33(29(34)21-36-27-16-14-25(31)15-17-27)28(19-23-9-3-2-4-10-23)30(35)32-26-12-5-6-13-26/h2-4,7-11,14-18,26,28H,5-6,12-13,19-21H2,1H3,(H,32,35)/t28-/m0/s1. The van der Waals surface area contributed by atoms with Gasteiger partial charge in [0.2, 0.25) is 5.91 Å². The number of rotatable bonds is 10. The van der Waals surface area contributed by atoms with Gasteiger partial charge in [-0.2, -0.15) is 0 Å². The summed E-state index contributed by atoms with van der Waals surface area (Å²) >= 11 is 2.24. The third-order valence-corrected chi connectivity index (χ3v) is 7.30. The van der Waals surface area contributed by atoms with Crippen molar-refractivity contribution in [2.24, 2.45) is 0 Å². The van der Waals surface area contributed by atoms with E-state index in [2.05, 4.69) is 34.0 Å². The Labute approximate surface area is 227 Å². The molecule has 1 atom stereocenters. The van der Waals surface area contributed by atoms with Crippen LogP contribution in [0.25, 0.3) is 0 Å². The van der Waals surface area contributed by atoms with Crippen LogP contribution < -0.4 is 10.1 Å². The average molecular weight is 597 g/mol. The molecule has 0 aromatic heterocycles. The molecule has 1 saturated carbocycles. The first kappa shape index (κ1) is 26.2. The van der Waals surface area contributed by atoms with Crippen LogP contribution in [0.5, 0.6) is 5.75 Å². The number of nitrogens with zero attached hydrogens (tertiary/aromatic N) is 1. The third kappa shape index (κ3) is 7.56. The first-order chi connectivity index (χ1) is 17.5. The van der Waals surface area contributed by atoms with Crippen LogP contribution in [0, 0.1) is 10.5 Å². The van der Waals surface area contributed by atoms with Crippen molar-refractivity contribution in [3.05, 3.63) is 99.1 Å².